The number of fused-ring (bicyclic) bond motifs is 1. The Hall–Kier alpha value is -3.25. The fourth-order valence-electron chi connectivity index (χ4n) is 4.55. The number of amides is 1. The van der Waals surface area contributed by atoms with Crippen LogP contribution in [-0.2, 0) is 28.9 Å². The summed E-state index contributed by atoms with van der Waals surface area (Å²) in [5, 5.41) is 12.8. The standard InChI is InChI=1S/C26H32N4O6S2/c1-7-30-23(15-11-17(33-3)22(35-5)18(12-15)34-4)28-29-26(30)37-13-20(31)27-24-21(25(32)36-6)16-9-8-14(2)10-19(16)38-24/h11-12,14H,7-10,13H2,1-6H3,(H,27,31). The van der Waals surface area contributed by atoms with Crippen LogP contribution in [0.2, 0.25) is 0 Å². The topological polar surface area (TPSA) is 114 Å². The number of thiophene rings is 1. The molecule has 0 spiro atoms. The lowest BCUT2D eigenvalue weighted by Gasteiger charge is -2.18. The minimum absolute atomic E-state index is 0.104. The van der Waals surface area contributed by atoms with E-state index in [1.54, 1.807) is 21.3 Å². The Bertz CT molecular complexity index is 1310. The monoisotopic (exact) mass is 560 g/mol. The summed E-state index contributed by atoms with van der Waals surface area (Å²) >= 11 is 2.75. The molecule has 0 saturated heterocycles. The Morgan fingerprint density at radius 3 is 2.45 bits per heavy atom. The van der Waals surface area contributed by atoms with E-state index in [-0.39, 0.29) is 11.7 Å². The second-order valence-corrected chi connectivity index (χ2v) is 10.9. The van der Waals surface area contributed by atoms with Crippen molar-refractivity contribution in [2.45, 2.75) is 44.8 Å². The van der Waals surface area contributed by atoms with Crippen LogP contribution in [0, 0.1) is 5.92 Å². The smallest absolute Gasteiger partial charge is 0.341 e. The molecule has 1 aliphatic carbocycles. The van der Waals surface area contributed by atoms with E-state index < -0.39 is 5.97 Å². The summed E-state index contributed by atoms with van der Waals surface area (Å²) in [5.74, 6) is 2.13. The van der Waals surface area contributed by atoms with Crippen molar-refractivity contribution in [2.75, 3.05) is 39.5 Å². The minimum atomic E-state index is -0.416. The van der Waals surface area contributed by atoms with Crippen molar-refractivity contribution in [3.63, 3.8) is 0 Å². The zero-order valence-corrected chi connectivity index (χ0v) is 24.0. The predicted molar refractivity (Wildman–Crippen MR) is 147 cm³/mol. The number of methoxy groups -OCH3 is 4. The van der Waals surface area contributed by atoms with Gasteiger partial charge < -0.3 is 28.8 Å². The lowest BCUT2D eigenvalue weighted by atomic mass is 9.88. The summed E-state index contributed by atoms with van der Waals surface area (Å²) in [7, 11) is 6.03. The first-order chi connectivity index (χ1) is 18.3. The molecule has 1 unspecified atom stereocenters. The molecular weight excluding hydrogens is 528 g/mol. The molecule has 1 aromatic carbocycles. The highest BCUT2D eigenvalue weighted by Crippen LogP contribution is 2.42. The van der Waals surface area contributed by atoms with Crippen LogP contribution in [-0.4, -0.2) is 60.8 Å². The number of aromatic nitrogens is 3. The molecule has 10 nitrogen and oxygen atoms in total. The van der Waals surface area contributed by atoms with Crippen LogP contribution in [0.3, 0.4) is 0 Å². The zero-order valence-electron chi connectivity index (χ0n) is 22.4. The third kappa shape index (κ3) is 5.46. The molecule has 0 saturated carbocycles. The zero-order chi connectivity index (χ0) is 27.4. The fourth-order valence-corrected chi connectivity index (χ4v) is 6.77. The highest BCUT2D eigenvalue weighted by molar-refractivity contribution is 7.99. The van der Waals surface area contributed by atoms with Crippen LogP contribution >= 0.6 is 23.1 Å². The molecule has 2 heterocycles. The van der Waals surface area contributed by atoms with E-state index in [1.165, 1.54) is 30.2 Å². The van der Waals surface area contributed by atoms with E-state index in [1.807, 2.05) is 23.6 Å². The largest absolute Gasteiger partial charge is 0.493 e. The maximum absolute atomic E-state index is 13.0. The van der Waals surface area contributed by atoms with Gasteiger partial charge in [0.2, 0.25) is 11.7 Å². The van der Waals surface area contributed by atoms with Gasteiger partial charge in [0.05, 0.1) is 39.8 Å². The summed E-state index contributed by atoms with van der Waals surface area (Å²) in [4.78, 5) is 26.6. The van der Waals surface area contributed by atoms with Crippen molar-refractivity contribution in [3.05, 3.63) is 28.1 Å². The fraction of sp³-hybridized carbons (Fsp3) is 0.462. The molecule has 0 radical (unpaired) electrons. The van der Waals surface area contributed by atoms with E-state index in [0.29, 0.717) is 51.3 Å². The third-order valence-electron chi connectivity index (χ3n) is 6.44. The number of carbonyl (C=O) groups is 2. The van der Waals surface area contributed by atoms with E-state index in [0.717, 1.165) is 35.3 Å². The quantitative estimate of drug-likeness (QED) is 0.278. The SMILES string of the molecule is CCn1c(SCC(=O)Nc2sc3c(c2C(=O)OC)CCC(C)C3)nnc1-c1cc(OC)c(OC)c(OC)c1. The van der Waals surface area contributed by atoms with Gasteiger partial charge >= 0.3 is 5.97 Å². The summed E-state index contributed by atoms with van der Waals surface area (Å²) in [6, 6.07) is 3.62. The van der Waals surface area contributed by atoms with Crippen LogP contribution in [0.25, 0.3) is 11.4 Å². The van der Waals surface area contributed by atoms with Crippen LogP contribution in [0.4, 0.5) is 5.00 Å². The summed E-state index contributed by atoms with van der Waals surface area (Å²) in [5.41, 5.74) is 2.23. The first kappa shape index (κ1) is 27.8. The molecule has 1 amide bonds. The van der Waals surface area contributed by atoms with Crippen LogP contribution in [0.5, 0.6) is 17.2 Å². The normalized spacial score (nSPS) is 14.5. The average Bonchev–Trinajstić information content (AvgIpc) is 3.50. The number of carbonyl (C=O) groups excluding carboxylic acids is 2. The van der Waals surface area contributed by atoms with Gasteiger partial charge in [-0.05, 0) is 49.8 Å². The molecule has 1 N–H and O–H groups in total. The van der Waals surface area contributed by atoms with Crippen molar-refractivity contribution < 1.29 is 28.5 Å². The summed E-state index contributed by atoms with van der Waals surface area (Å²) in [6.07, 6.45) is 2.72. The number of nitrogens with one attached hydrogen (secondary N) is 1. The Labute approximate surface area is 230 Å². The molecule has 1 atom stereocenters. The van der Waals surface area contributed by atoms with Gasteiger partial charge in [0, 0.05) is 17.0 Å². The van der Waals surface area contributed by atoms with Crippen molar-refractivity contribution in [1.29, 1.82) is 0 Å². The molecule has 0 aliphatic heterocycles. The van der Waals surface area contributed by atoms with Crippen LogP contribution in [0.15, 0.2) is 17.3 Å². The van der Waals surface area contributed by atoms with Crippen LogP contribution < -0.4 is 19.5 Å². The van der Waals surface area contributed by atoms with Crippen LogP contribution in [0.1, 0.15) is 41.1 Å². The van der Waals surface area contributed by atoms with E-state index in [9.17, 15) is 9.59 Å². The van der Waals surface area contributed by atoms with Gasteiger partial charge in [-0.1, -0.05) is 18.7 Å². The Morgan fingerprint density at radius 2 is 1.84 bits per heavy atom. The van der Waals surface area contributed by atoms with Gasteiger partial charge in [-0.2, -0.15) is 0 Å². The second kappa shape index (κ2) is 12.1. The third-order valence-corrected chi connectivity index (χ3v) is 8.58. The number of benzene rings is 1. The van der Waals surface area contributed by atoms with Gasteiger partial charge in [-0.3, -0.25) is 4.79 Å². The van der Waals surface area contributed by atoms with Crippen molar-refractivity contribution >= 4 is 40.0 Å². The lowest BCUT2D eigenvalue weighted by molar-refractivity contribution is -0.113. The minimum Gasteiger partial charge on any atom is -0.493 e. The lowest BCUT2D eigenvalue weighted by Crippen LogP contribution is -2.17. The van der Waals surface area contributed by atoms with Crippen molar-refractivity contribution in [2.24, 2.45) is 5.92 Å². The molecule has 2 aromatic heterocycles. The number of thioether (sulfide) groups is 1. The Morgan fingerprint density at radius 1 is 1.13 bits per heavy atom. The first-order valence-corrected chi connectivity index (χ1v) is 14.0. The van der Waals surface area contributed by atoms with E-state index >= 15 is 0 Å². The van der Waals surface area contributed by atoms with E-state index in [2.05, 4.69) is 22.4 Å². The number of hydrogen-bond acceptors (Lipinski definition) is 10. The molecule has 204 valence electrons. The molecular formula is C26H32N4O6S2. The number of hydrogen-bond donors (Lipinski definition) is 1. The van der Waals surface area contributed by atoms with Gasteiger partial charge in [0.15, 0.2) is 22.5 Å². The van der Waals surface area contributed by atoms with Gasteiger partial charge in [0.1, 0.15) is 5.00 Å². The molecule has 3 aromatic rings. The molecule has 1 aliphatic rings. The Kier molecular flexibility index (Phi) is 8.83. The number of rotatable bonds is 10. The van der Waals surface area contributed by atoms with Crippen molar-refractivity contribution in [3.8, 4) is 28.6 Å². The summed E-state index contributed by atoms with van der Waals surface area (Å²) in [6.45, 7) is 4.77. The first-order valence-electron chi connectivity index (χ1n) is 12.2. The van der Waals surface area contributed by atoms with E-state index in [4.69, 9.17) is 18.9 Å². The highest BCUT2D eigenvalue weighted by atomic mass is 32.2. The molecule has 0 fully saturated rings. The highest BCUT2D eigenvalue weighted by Gasteiger charge is 2.29. The predicted octanol–water partition coefficient (Wildman–Crippen LogP) is 4.69. The maximum atomic E-state index is 13.0. The number of esters is 1. The number of ether oxygens (including phenoxy) is 4. The molecule has 4 rings (SSSR count). The summed E-state index contributed by atoms with van der Waals surface area (Å²) < 4.78 is 23.3. The van der Waals surface area contributed by atoms with Gasteiger partial charge in [-0.25, -0.2) is 4.79 Å². The molecule has 0 bridgehead atoms. The average molecular weight is 561 g/mol. The number of anilines is 1. The van der Waals surface area contributed by atoms with Gasteiger partial charge in [-0.15, -0.1) is 21.5 Å². The van der Waals surface area contributed by atoms with Gasteiger partial charge in [0.25, 0.3) is 0 Å². The maximum Gasteiger partial charge on any atom is 0.341 e. The second-order valence-electron chi connectivity index (χ2n) is 8.85. The van der Waals surface area contributed by atoms with Crippen molar-refractivity contribution in [1.82, 2.24) is 14.8 Å². The number of nitrogens with zero attached hydrogens (tertiary/aromatic N) is 3. The Balaban J connectivity index is 1.53. The molecule has 12 heteroatoms. The molecule has 38 heavy (non-hydrogen) atoms.